The van der Waals surface area contributed by atoms with Crippen molar-refractivity contribution in [2.75, 3.05) is 38.2 Å². The summed E-state index contributed by atoms with van der Waals surface area (Å²) in [5, 5.41) is 9.96. The number of fused-ring (bicyclic) bond motifs is 3. The van der Waals surface area contributed by atoms with Crippen LogP contribution in [0.2, 0.25) is 0 Å². The summed E-state index contributed by atoms with van der Waals surface area (Å²) in [5.41, 5.74) is 3.32. The van der Waals surface area contributed by atoms with Gasteiger partial charge in [-0.2, -0.15) is 4.31 Å². The van der Waals surface area contributed by atoms with Crippen molar-refractivity contribution in [1.82, 2.24) is 23.9 Å². The summed E-state index contributed by atoms with van der Waals surface area (Å²) >= 11 is 0. The van der Waals surface area contributed by atoms with Gasteiger partial charge < -0.3 is 9.64 Å². The van der Waals surface area contributed by atoms with E-state index in [4.69, 9.17) is 9.72 Å². The molecular weight excluding hydrogens is 488 g/mol. The molecule has 0 spiro atoms. The number of methoxy groups -OCH3 is 1. The number of rotatable bonds is 5. The van der Waals surface area contributed by atoms with E-state index in [1.807, 2.05) is 65.9 Å². The van der Waals surface area contributed by atoms with Crippen LogP contribution in [0.15, 0.2) is 77.7 Å². The molecule has 0 aliphatic carbocycles. The van der Waals surface area contributed by atoms with E-state index >= 15 is 0 Å². The summed E-state index contributed by atoms with van der Waals surface area (Å²) in [7, 11) is -1.94. The molecule has 5 aromatic rings. The van der Waals surface area contributed by atoms with Crippen molar-refractivity contribution in [3.05, 3.63) is 78.4 Å². The van der Waals surface area contributed by atoms with Gasteiger partial charge in [-0.3, -0.25) is 0 Å². The van der Waals surface area contributed by atoms with Crippen molar-refractivity contribution < 1.29 is 13.2 Å². The van der Waals surface area contributed by atoms with Crippen LogP contribution in [0, 0.1) is 6.92 Å². The predicted octanol–water partition coefficient (Wildman–Crippen LogP) is 3.77. The van der Waals surface area contributed by atoms with Crippen molar-refractivity contribution >= 4 is 32.5 Å². The number of piperazine rings is 1. The molecule has 1 saturated heterocycles. The van der Waals surface area contributed by atoms with Gasteiger partial charge in [-0.15, -0.1) is 10.2 Å². The number of para-hydroxylation sites is 1. The van der Waals surface area contributed by atoms with E-state index in [9.17, 15) is 8.42 Å². The van der Waals surface area contributed by atoms with Crippen LogP contribution in [0.1, 0.15) is 5.56 Å². The van der Waals surface area contributed by atoms with Crippen molar-refractivity contribution in [2.24, 2.45) is 0 Å². The van der Waals surface area contributed by atoms with E-state index in [2.05, 4.69) is 15.1 Å². The first kappa shape index (κ1) is 23.4. The highest BCUT2D eigenvalue weighted by Crippen LogP contribution is 2.30. The smallest absolute Gasteiger partial charge is 0.243 e. The Labute approximate surface area is 215 Å². The summed E-state index contributed by atoms with van der Waals surface area (Å²) in [4.78, 5) is 7.43. The van der Waals surface area contributed by atoms with Gasteiger partial charge in [0.15, 0.2) is 11.5 Å². The summed E-state index contributed by atoms with van der Waals surface area (Å²) in [6.07, 6.45) is 0. The third-order valence-electron chi connectivity index (χ3n) is 6.73. The average Bonchev–Trinajstić information content (AvgIpc) is 3.38. The van der Waals surface area contributed by atoms with Crippen LogP contribution in [-0.4, -0.2) is 65.6 Å². The number of aromatic nitrogens is 4. The Morgan fingerprint density at radius 1 is 0.865 bits per heavy atom. The Bertz CT molecular complexity index is 1710. The number of sulfonamides is 1. The van der Waals surface area contributed by atoms with Crippen LogP contribution in [-0.2, 0) is 10.0 Å². The Morgan fingerprint density at radius 3 is 2.35 bits per heavy atom. The third kappa shape index (κ3) is 4.08. The second-order valence-electron chi connectivity index (χ2n) is 9.05. The minimum absolute atomic E-state index is 0.327. The van der Waals surface area contributed by atoms with Gasteiger partial charge in [-0.05, 0) is 61.0 Å². The van der Waals surface area contributed by atoms with Crippen molar-refractivity contribution in [2.45, 2.75) is 11.8 Å². The Kier molecular flexibility index (Phi) is 5.77. The molecule has 0 atom stereocenters. The molecule has 2 aromatic heterocycles. The number of nitrogens with zero attached hydrogens (tertiary/aromatic N) is 6. The second kappa shape index (κ2) is 9.13. The molecule has 6 rings (SSSR count). The van der Waals surface area contributed by atoms with Crippen molar-refractivity contribution in [3.8, 4) is 17.1 Å². The molecule has 0 unspecified atom stereocenters. The maximum absolute atomic E-state index is 13.3. The molecule has 188 valence electrons. The van der Waals surface area contributed by atoms with Crippen LogP contribution < -0.4 is 9.64 Å². The van der Waals surface area contributed by atoms with Gasteiger partial charge in [0, 0.05) is 37.1 Å². The lowest BCUT2D eigenvalue weighted by Gasteiger charge is -2.35. The molecule has 0 radical (unpaired) electrons. The number of ether oxygens (including phenoxy) is 1. The van der Waals surface area contributed by atoms with E-state index in [-0.39, 0.29) is 0 Å². The fourth-order valence-electron chi connectivity index (χ4n) is 4.76. The standard InChI is InChI=1S/C27H26N6O3S/c1-19-6-5-7-22(18-19)37(34,35)32-16-14-31(15-17-32)27-28-24-9-4-3-8-23(24)26-30-29-25(33(26)27)20-10-12-21(36-2)13-11-20/h3-13,18H,14-17H2,1-2H3. The topological polar surface area (TPSA) is 92.9 Å². The quantitative estimate of drug-likeness (QED) is 0.352. The Balaban J connectivity index is 1.39. The van der Waals surface area contributed by atoms with Crippen molar-refractivity contribution in [3.63, 3.8) is 0 Å². The van der Waals surface area contributed by atoms with Crippen LogP contribution in [0.4, 0.5) is 5.95 Å². The first-order valence-electron chi connectivity index (χ1n) is 12.1. The normalized spacial score (nSPS) is 14.9. The Morgan fingerprint density at radius 2 is 1.62 bits per heavy atom. The van der Waals surface area contributed by atoms with Gasteiger partial charge in [-0.1, -0.05) is 24.3 Å². The number of hydrogen-bond acceptors (Lipinski definition) is 7. The molecule has 37 heavy (non-hydrogen) atoms. The largest absolute Gasteiger partial charge is 0.497 e. The maximum Gasteiger partial charge on any atom is 0.243 e. The average molecular weight is 515 g/mol. The van der Waals surface area contributed by atoms with Gasteiger partial charge in [0.25, 0.3) is 0 Å². The monoisotopic (exact) mass is 514 g/mol. The number of benzene rings is 3. The van der Waals surface area contributed by atoms with Crippen LogP contribution in [0.5, 0.6) is 5.75 Å². The summed E-state index contributed by atoms with van der Waals surface area (Å²) < 4.78 is 35.4. The first-order valence-corrected chi connectivity index (χ1v) is 13.5. The molecule has 3 heterocycles. The SMILES string of the molecule is COc1ccc(-c2nnc3c4ccccc4nc(N4CCN(S(=O)(=O)c5cccc(C)c5)CC4)n23)cc1. The van der Waals surface area contributed by atoms with Crippen LogP contribution in [0.25, 0.3) is 27.9 Å². The highest BCUT2D eigenvalue weighted by Gasteiger charge is 2.30. The molecule has 1 aliphatic heterocycles. The van der Waals surface area contributed by atoms with E-state index < -0.39 is 10.0 Å². The zero-order valence-corrected chi connectivity index (χ0v) is 21.4. The van der Waals surface area contributed by atoms with Gasteiger partial charge in [0.1, 0.15) is 5.75 Å². The van der Waals surface area contributed by atoms with E-state index in [0.717, 1.165) is 27.8 Å². The Hall–Kier alpha value is -4.02. The molecule has 0 amide bonds. The third-order valence-corrected chi connectivity index (χ3v) is 8.62. The summed E-state index contributed by atoms with van der Waals surface area (Å²) in [5.74, 6) is 2.12. The van der Waals surface area contributed by atoms with E-state index in [0.29, 0.717) is 48.5 Å². The summed E-state index contributed by atoms with van der Waals surface area (Å²) in [6, 6.07) is 22.6. The minimum Gasteiger partial charge on any atom is -0.497 e. The van der Waals surface area contributed by atoms with Gasteiger partial charge in [0.05, 0.1) is 17.5 Å². The first-order chi connectivity index (χ1) is 18.0. The van der Waals surface area contributed by atoms with Gasteiger partial charge in [0.2, 0.25) is 16.0 Å². The van der Waals surface area contributed by atoms with Gasteiger partial charge >= 0.3 is 0 Å². The molecule has 0 bridgehead atoms. The van der Waals surface area contributed by atoms with E-state index in [1.165, 1.54) is 0 Å². The van der Waals surface area contributed by atoms with Crippen LogP contribution in [0.3, 0.4) is 0 Å². The van der Waals surface area contributed by atoms with Crippen LogP contribution >= 0.6 is 0 Å². The molecule has 0 saturated carbocycles. The molecule has 9 nitrogen and oxygen atoms in total. The molecule has 3 aromatic carbocycles. The molecule has 1 fully saturated rings. The lowest BCUT2D eigenvalue weighted by molar-refractivity contribution is 0.382. The highest BCUT2D eigenvalue weighted by atomic mass is 32.2. The van der Waals surface area contributed by atoms with Crippen molar-refractivity contribution in [1.29, 1.82) is 0 Å². The predicted molar refractivity (Wildman–Crippen MR) is 142 cm³/mol. The second-order valence-corrected chi connectivity index (χ2v) is 11.0. The molecular formula is C27H26N6O3S. The molecule has 10 heteroatoms. The van der Waals surface area contributed by atoms with E-state index in [1.54, 1.807) is 29.6 Å². The lowest BCUT2D eigenvalue weighted by Crippen LogP contribution is -2.49. The number of aryl methyl sites for hydroxylation is 1. The lowest BCUT2D eigenvalue weighted by atomic mass is 10.2. The van der Waals surface area contributed by atoms with Gasteiger partial charge in [-0.25, -0.2) is 17.8 Å². The fourth-order valence-corrected chi connectivity index (χ4v) is 6.29. The molecule has 0 N–H and O–H groups in total. The zero-order chi connectivity index (χ0) is 25.6. The minimum atomic E-state index is -3.57. The number of hydrogen-bond donors (Lipinski definition) is 0. The highest BCUT2D eigenvalue weighted by molar-refractivity contribution is 7.89. The summed E-state index contributed by atoms with van der Waals surface area (Å²) in [6.45, 7) is 3.59. The maximum atomic E-state index is 13.3. The molecule has 1 aliphatic rings. The number of anilines is 1. The fraction of sp³-hybridized carbons (Fsp3) is 0.222. The zero-order valence-electron chi connectivity index (χ0n) is 20.6.